The molecule has 1 unspecified atom stereocenters. The zero-order valence-electron chi connectivity index (χ0n) is 17.3. The lowest BCUT2D eigenvalue weighted by atomic mass is 9.52. The molecule has 154 valence electrons. The average molecular weight is 402 g/mol. The van der Waals surface area contributed by atoms with Gasteiger partial charge in [0.1, 0.15) is 5.41 Å². The molecule has 0 spiro atoms. The third-order valence-electron chi connectivity index (χ3n) is 8.53. The molecular weight excluding hydrogens is 374 g/mol. The van der Waals surface area contributed by atoms with Crippen LogP contribution in [0.15, 0.2) is 49.1 Å². The summed E-state index contributed by atoms with van der Waals surface area (Å²) in [6.07, 6.45) is 13.7. The molecule has 5 nitrogen and oxygen atoms in total. The zero-order valence-corrected chi connectivity index (χ0v) is 17.3. The fraction of sp³-hybridized carbons (Fsp3) is 0.520. The third-order valence-corrected chi connectivity index (χ3v) is 8.53. The maximum atomic E-state index is 14.4. The van der Waals surface area contributed by atoms with Crippen LogP contribution in [0.4, 0.5) is 0 Å². The topological polar surface area (TPSA) is 63.2 Å². The molecule has 4 saturated carbocycles. The van der Waals surface area contributed by atoms with Crippen LogP contribution in [0, 0.1) is 23.7 Å². The predicted molar refractivity (Wildman–Crippen MR) is 111 cm³/mol. The Balaban J connectivity index is 1.53. The van der Waals surface area contributed by atoms with E-state index in [1.54, 1.807) is 29.7 Å². The second kappa shape index (κ2) is 6.22. The average Bonchev–Trinajstić information content (AvgIpc) is 2.95. The molecule has 2 aromatic rings. The number of rotatable bonds is 3. The highest BCUT2D eigenvalue weighted by Crippen LogP contribution is 2.60. The van der Waals surface area contributed by atoms with E-state index in [1.807, 2.05) is 31.2 Å². The first-order valence-electron chi connectivity index (χ1n) is 11.2. The zero-order chi connectivity index (χ0) is 20.5. The Hall–Kier alpha value is -2.56. The highest BCUT2D eigenvalue weighted by atomic mass is 16.2. The van der Waals surface area contributed by atoms with E-state index in [2.05, 4.69) is 9.97 Å². The number of aromatic nitrogens is 2. The van der Waals surface area contributed by atoms with E-state index >= 15 is 0 Å². The van der Waals surface area contributed by atoms with Gasteiger partial charge in [-0.2, -0.15) is 0 Å². The Bertz CT molecular complexity index is 929. The van der Waals surface area contributed by atoms with Crippen LogP contribution in [0.2, 0.25) is 0 Å². The van der Waals surface area contributed by atoms with E-state index < -0.39 is 11.3 Å². The molecule has 5 fully saturated rings. The molecule has 1 aliphatic heterocycles. The van der Waals surface area contributed by atoms with Crippen molar-refractivity contribution >= 4 is 11.8 Å². The van der Waals surface area contributed by atoms with E-state index in [1.165, 1.54) is 19.3 Å². The summed E-state index contributed by atoms with van der Waals surface area (Å²) in [6.45, 7) is 1.93. The van der Waals surface area contributed by atoms with Crippen molar-refractivity contribution in [2.75, 3.05) is 0 Å². The van der Waals surface area contributed by atoms with Crippen molar-refractivity contribution in [2.24, 2.45) is 23.7 Å². The number of imide groups is 1. The molecule has 0 aromatic carbocycles. The molecule has 7 rings (SSSR count). The number of pyridine rings is 2. The Morgan fingerprint density at radius 3 is 1.67 bits per heavy atom. The quantitative estimate of drug-likeness (QED) is 0.735. The van der Waals surface area contributed by atoms with Crippen LogP contribution in [0.1, 0.15) is 56.6 Å². The molecule has 30 heavy (non-hydrogen) atoms. The van der Waals surface area contributed by atoms with Gasteiger partial charge < -0.3 is 0 Å². The first-order valence-corrected chi connectivity index (χ1v) is 11.2. The summed E-state index contributed by atoms with van der Waals surface area (Å²) in [5.41, 5.74) is 0.411. The maximum absolute atomic E-state index is 14.4. The Morgan fingerprint density at radius 2 is 1.23 bits per heavy atom. The van der Waals surface area contributed by atoms with E-state index in [-0.39, 0.29) is 17.4 Å². The van der Waals surface area contributed by atoms with Gasteiger partial charge >= 0.3 is 0 Å². The summed E-state index contributed by atoms with van der Waals surface area (Å²) in [5, 5.41) is 0. The van der Waals surface area contributed by atoms with Crippen LogP contribution < -0.4 is 0 Å². The molecule has 4 bridgehead atoms. The van der Waals surface area contributed by atoms with Gasteiger partial charge in [-0.3, -0.25) is 24.5 Å². The standard InChI is InChI=1S/C25H27N3O2/c1-16-22(29)28(24-13-17-10-18(14-24)12-19(11-17)15-24)23(30)25(16,20-2-6-26-7-3-20)21-4-8-27-9-5-21/h2-9,16-19H,10-15H2,1H3. The van der Waals surface area contributed by atoms with Crippen LogP contribution in [0.3, 0.4) is 0 Å². The van der Waals surface area contributed by atoms with Crippen molar-refractivity contribution in [2.45, 2.75) is 56.4 Å². The molecule has 1 atom stereocenters. The van der Waals surface area contributed by atoms with Gasteiger partial charge in [-0.15, -0.1) is 0 Å². The molecule has 0 radical (unpaired) electrons. The molecule has 2 aromatic heterocycles. The minimum absolute atomic E-state index is 0.00410. The lowest BCUT2D eigenvalue weighted by Gasteiger charge is -2.59. The van der Waals surface area contributed by atoms with Crippen molar-refractivity contribution < 1.29 is 9.59 Å². The number of hydrogen-bond donors (Lipinski definition) is 0. The number of nitrogens with zero attached hydrogens (tertiary/aromatic N) is 3. The molecule has 2 amide bonds. The summed E-state index contributed by atoms with van der Waals surface area (Å²) in [4.78, 5) is 38.4. The Labute approximate surface area is 176 Å². The first kappa shape index (κ1) is 18.2. The van der Waals surface area contributed by atoms with Crippen molar-refractivity contribution in [3.8, 4) is 0 Å². The molecule has 4 aliphatic carbocycles. The molecule has 1 saturated heterocycles. The monoisotopic (exact) mass is 401 g/mol. The predicted octanol–water partition coefficient (Wildman–Crippen LogP) is 3.74. The van der Waals surface area contributed by atoms with Crippen LogP contribution >= 0.6 is 0 Å². The number of carbonyl (C=O) groups excluding carboxylic acids is 2. The fourth-order valence-corrected chi connectivity index (χ4v) is 7.77. The van der Waals surface area contributed by atoms with Crippen molar-refractivity contribution in [3.63, 3.8) is 0 Å². The van der Waals surface area contributed by atoms with E-state index in [0.717, 1.165) is 30.4 Å². The van der Waals surface area contributed by atoms with Gasteiger partial charge in [-0.1, -0.05) is 6.92 Å². The summed E-state index contributed by atoms with van der Waals surface area (Å²) in [6, 6.07) is 7.58. The second-order valence-electron chi connectivity index (χ2n) is 10.1. The maximum Gasteiger partial charge on any atom is 0.245 e. The van der Waals surface area contributed by atoms with E-state index in [4.69, 9.17) is 0 Å². The fourth-order valence-electron chi connectivity index (χ4n) is 7.77. The molecule has 3 heterocycles. The number of carbonyl (C=O) groups is 2. The van der Waals surface area contributed by atoms with Crippen LogP contribution in [-0.2, 0) is 15.0 Å². The Kier molecular flexibility index (Phi) is 3.78. The lowest BCUT2D eigenvalue weighted by Crippen LogP contribution is -2.62. The highest BCUT2D eigenvalue weighted by molar-refractivity contribution is 6.13. The third kappa shape index (κ3) is 2.24. The van der Waals surface area contributed by atoms with Crippen molar-refractivity contribution in [1.29, 1.82) is 0 Å². The van der Waals surface area contributed by atoms with Crippen LogP contribution in [0.25, 0.3) is 0 Å². The van der Waals surface area contributed by atoms with Crippen LogP contribution in [0.5, 0.6) is 0 Å². The summed E-state index contributed by atoms with van der Waals surface area (Å²) >= 11 is 0. The van der Waals surface area contributed by atoms with Crippen molar-refractivity contribution in [3.05, 3.63) is 60.2 Å². The largest absolute Gasteiger partial charge is 0.275 e. The van der Waals surface area contributed by atoms with Crippen LogP contribution in [-0.4, -0.2) is 32.2 Å². The van der Waals surface area contributed by atoms with E-state index in [9.17, 15) is 9.59 Å². The minimum Gasteiger partial charge on any atom is -0.275 e. The number of hydrogen-bond acceptors (Lipinski definition) is 4. The number of amides is 2. The molecule has 5 aliphatic rings. The van der Waals surface area contributed by atoms with Gasteiger partial charge in [-0.05, 0) is 91.7 Å². The Morgan fingerprint density at radius 1 is 0.800 bits per heavy atom. The van der Waals surface area contributed by atoms with Gasteiger partial charge in [0.25, 0.3) is 0 Å². The second-order valence-corrected chi connectivity index (χ2v) is 10.1. The van der Waals surface area contributed by atoms with Gasteiger partial charge in [-0.25, -0.2) is 0 Å². The van der Waals surface area contributed by atoms with Gasteiger partial charge in [0, 0.05) is 24.8 Å². The van der Waals surface area contributed by atoms with Crippen molar-refractivity contribution in [1.82, 2.24) is 14.9 Å². The highest BCUT2D eigenvalue weighted by Gasteiger charge is 2.66. The normalized spacial score (nSPS) is 36.5. The first-order chi connectivity index (χ1) is 14.5. The smallest absolute Gasteiger partial charge is 0.245 e. The van der Waals surface area contributed by atoms with Gasteiger partial charge in [0.15, 0.2) is 0 Å². The van der Waals surface area contributed by atoms with Gasteiger partial charge in [0.2, 0.25) is 11.8 Å². The molecule has 5 heteroatoms. The minimum atomic E-state index is -1.01. The SMILES string of the molecule is CC1C(=O)N(C23CC4CC(CC(C4)C2)C3)C(=O)C1(c1ccncc1)c1ccncc1. The lowest BCUT2D eigenvalue weighted by molar-refractivity contribution is -0.159. The molecular formula is C25H27N3O2. The summed E-state index contributed by atoms with van der Waals surface area (Å²) < 4.78 is 0. The van der Waals surface area contributed by atoms with E-state index in [0.29, 0.717) is 17.8 Å². The van der Waals surface area contributed by atoms with Gasteiger partial charge in [0.05, 0.1) is 11.5 Å². The molecule has 0 N–H and O–H groups in total. The summed E-state index contributed by atoms with van der Waals surface area (Å²) in [7, 11) is 0. The number of likely N-dealkylation sites (tertiary alicyclic amines) is 1. The summed E-state index contributed by atoms with van der Waals surface area (Å²) in [5.74, 6) is 1.51.